The molecule has 0 aliphatic carbocycles. The fourth-order valence-electron chi connectivity index (χ4n) is 1.71. The molecule has 9 heteroatoms. The van der Waals surface area contributed by atoms with E-state index in [4.69, 9.17) is 10.2 Å². The molecule has 3 amide bonds. The summed E-state index contributed by atoms with van der Waals surface area (Å²) in [6.45, 7) is -0.0320. The number of aliphatic hydroxyl groups excluding tert-OH is 1. The number of hydrogen-bond acceptors (Lipinski definition) is 5. The third kappa shape index (κ3) is 4.28. The van der Waals surface area contributed by atoms with Crippen molar-refractivity contribution < 1.29 is 29.3 Å². The van der Waals surface area contributed by atoms with E-state index in [0.29, 0.717) is 13.0 Å². The molecule has 1 aliphatic heterocycles. The van der Waals surface area contributed by atoms with Crippen LogP contribution < -0.4 is 10.6 Å². The Labute approximate surface area is 109 Å². The zero-order chi connectivity index (χ0) is 14.4. The average molecular weight is 275 g/mol. The van der Waals surface area contributed by atoms with Gasteiger partial charge in [0.05, 0.1) is 19.8 Å². The van der Waals surface area contributed by atoms with E-state index in [2.05, 4.69) is 15.4 Å². The number of nitrogens with one attached hydrogen (secondary N) is 2. The van der Waals surface area contributed by atoms with Crippen LogP contribution in [0, 0.1) is 0 Å². The number of hydrogen-bond donors (Lipinski definition) is 4. The lowest BCUT2D eigenvalue weighted by molar-refractivity contribution is -0.140. The minimum absolute atomic E-state index is 0.226. The predicted molar refractivity (Wildman–Crippen MR) is 62.6 cm³/mol. The molecule has 0 aromatic carbocycles. The molecule has 0 saturated carbocycles. The van der Waals surface area contributed by atoms with Gasteiger partial charge in [-0.2, -0.15) is 0 Å². The molecule has 4 N–H and O–H groups in total. The molecule has 0 spiro atoms. The molecule has 2 unspecified atom stereocenters. The maximum absolute atomic E-state index is 11.7. The third-order valence-electron chi connectivity index (χ3n) is 2.76. The van der Waals surface area contributed by atoms with E-state index in [1.54, 1.807) is 0 Å². The minimum atomic E-state index is -1.33. The number of amides is 3. The average Bonchev–Trinajstić information content (AvgIpc) is 2.83. The number of carbonyl (C=O) groups excluding carboxylic acids is 2. The number of rotatable bonds is 4. The number of alkyl carbamates (subject to hydrolysis) is 1. The van der Waals surface area contributed by atoms with Crippen molar-refractivity contribution in [2.75, 3.05) is 26.8 Å². The standard InChI is InChI=1S/C10H17N3O6/c1-19-10(18)11-6-2-3-13(4-6)9(17)12-7(5-14)8(15)16/h6-7,14H,2-5H2,1H3,(H,11,18)(H,12,17)(H,15,16). The molecule has 0 aromatic rings. The summed E-state index contributed by atoms with van der Waals surface area (Å²) in [5.74, 6) is -1.31. The molecule has 1 saturated heterocycles. The van der Waals surface area contributed by atoms with Crippen LogP contribution in [0.15, 0.2) is 0 Å². The van der Waals surface area contributed by atoms with E-state index in [9.17, 15) is 14.4 Å². The van der Waals surface area contributed by atoms with Gasteiger partial charge >= 0.3 is 18.1 Å². The van der Waals surface area contributed by atoms with E-state index in [1.165, 1.54) is 12.0 Å². The first kappa shape index (κ1) is 15.0. The highest BCUT2D eigenvalue weighted by molar-refractivity contribution is 5.82. The molecule has 1 fully saturated rings. The SMILES string of the molecule is COC(=O)NC1CCN(C(=O)NC(CO)C(=O)O)C1. The first-order valence-corrected chi connectivity index (χ1v) is 5.71. The highest BCUT2D eigenvalue weighted by atomic mass is 16.5. The van der Waals surface area contributed by atoms with Crippen molar-refractivity contribution >= 4 is 18.1 Å². The molecule has 2 atom stereocenters. The molecule has 1 heterocycles. The zero-order valence-corrected chi connectivity index (χ0v) is 10.5. The smallest absolute Gasteiger partial charge is 0.407 e. The molecule has 0 radical (unpaired) electrons. The number of likely N-dealkylation sites (tertiary alicyclic amines) is 1. The maximum Gasteiger partial charge on any atom is 0.407 e. The highest BCUT2D eigenvalue weighted by Crippen LogP contribution is 2.09. The second-order valence-corrected chi connectivity index (χ2v) is 4.09. The summed E-state index contributed by atoms with van der Waals surface area (Å²) in [6.07, 6.45) is -0.0228. The van der Waals surface area contributed by atoms with Gasteiger partial charge in [0.25, 0.3) is 0 Å². The highest BCUT2D eigenvalue weighted by Gasteiger charge is 2.29. The monoisotopic (exact) mass is 275 g/mol. The van der Waals surface area contributed by atoms with Gasteiger partial charge in [0.1, 0.15) is 0 Å². The van der Waals surface area contributed by atoms with Crippen LogP contribution in [0.4, 0.5) is 9.59 Å². The summed E-state index contributed by atoms with van der Waals surface area (Å²) in [7, 11) is 1.24. The number of carboxylic acid groups (broad SMARTS) is 1. The lowest BCUT2D eigenvalue weighted by atomic mass is 10.3. The fraction of sp³-hybridized carbons (Fsp3) is 0.700. The Morgan fingerprint density at radius 3 is 2.68 bits per heavy atom. The lowest BCUT2D eigenvalue weighted by Crippen LogP contribution is -2.49. The number of urea groups is 1. The number of nitrogens with zero attached hydrogens (tertiary/aromatic N) is 1. The van der Waals surface area contributed by atoms with Gasteiger partial charge in [0.15, 0.2) is 6.04 Å². The Balaban J connectivity index is 2.43. The van der Waals surface area contributed by atoms with Gasteiger partial charge < -0.3 is 30.5 Å². The van der Waals surface area contributed by atoms with E-state index < -0.39 is 30.7 Å². The van der Waals surface area contributed by atoms with Crippen LogP contribution >= 0.6 is 0 Å². The number of aliphatic carboxylic acids is 1. The summed E-state index contributed by atoms with van der Waals surface area (Å²) in [5, 5.41) is 22.2. The topological polar surface area (TPSA) is 128 Å². The molecule has 0 aromatic heterocycles. The number of carboxylic acids is 1. The predicted octanol–water partition coefficient (Wildman–Crippen LogP) is -1.43. The van der Waals surface area contributed by atoms with Crippen molar-refractivity contribution in [2.24, 2.45) is 0 Å². The van der Waals surface area contributed by atoms with E-state index >= 15 is 0 Å². The Morgan fingerprint density at radius 2 is 2.16 bits per heavy atom. The van der Waals surface area contributed by atoms with Crippen molar-refractivity contribution in [3.05, 3.63) is 0 Å². The van der Waals surface area contributed by atoms with Gasteiger partial charge in [-0.15, -0.1) is 0 Å². The van der Waals surface area contributed by atoms with Gasteiger partial charge in [0, 0.05) is 13.1 Å². The molecule has 19 heavy (non-hydrogen) atoms. The van der Waals surface area contributed by atoms with Crippen molar-refractivity contribution in [3.63, 3.8) is 0 Å². The molecule has 0 bridgehead atoms. The van der Waals surface area contributed by atoms with Gasteiger partial charge in [-0.1, -0.05) is 0 Å². The first-order valence-electron chi connectivity index (χ1n) is 5.71. The molecule has 9 nitrogen and oxygen atoms in total. The van der Waals surface area contributed by atoms with Crippen LogP contribution in [0.2, 0.25) is 0 Å². The molecular formula is C10H17N3O6. The van der Waals surface area contributed by atoms with Crippen LogP contribution in [0.1, 0.15) is 6.42 Å². The van der Waals surface area contributed by atoms with Gasteiger partial charge in [0.2, 0.25) is 0 Å². The second-order valence-electron chi connectivity index (χ2n) is 4.09. The summed E-state index contributed by atoms with van der Waals surface area (Å²) in [5.41, 5.74) is 0. The van der Waals surface area contributed by atoms with Gasteiger partial charge in [-0.3, -0.25) is 0 Å². The Bertz CT molecular complexity index is 361. The number of ether oxygens (including phenoxy) is 1. The van der Waals surface area contributed by atoms with Crippen molar-refractivity contribution in [1.29, 1.82) is 0 Å². The summed E-state index contributed by atoms with van der Waals surface area (Å²) in [6, 6.07) is -2.15. The molecule has 1 rings (SSSR count). The molecule has 108 valence electrons. The van der Waals surface area contributed by atoms with Crippen molar-refractivity contribution in [1.82, 2.24) is 15.5 Å². The number of carbonyl (C=O) groups is 3. The Hall–Kier alpha value is -2.03. The maximum atomic E-state index is 11.7. The van der Waals surface area contributed by atoms with Gasteiger partial charge in [-0.25, -0.2) is 14.4 Å². The molecule has 1 aliphatic rings. The van der Waals surface area contributed by atoms with E-state index in [-0.39, 0.29) is 12.6 Å². The van der Waals surface area contributed by atoms with Crippen LogP contribution in [0.5, 0.6) is 0 Å². The largest absolute Gasteiger partial charge is 0.480 e. The van der Waals surface area contributed by atoms with Crippen molar-refractivity contribution in [2.45, 2.75) is 18.5 Å². The fourth-order valence-corrected chi connectivity index (χ4v) is 1.71. The van der Waals surface area contributed by atoms with Crippen LogP contribution in [0.3, 0.4) is 0 Å². The van der Waals surface area contributed by atoms with Gasteiger partial charge in [-0.05, 0) is 6.42 Å². The summed E-state index contributed by atoms with van der Waals surface area (Å²) < 4.78 is 4.44. The zero-order valence-electron chi connectivity index (χ0n) is 10.5. The van der Waals surface area contributed by atoms with Crippen molar-refractivity contribution in [3.8, 4) is 0 Å². The molecular weight excluding hydrogens is 258 g/mol. The van der Waals surface area contributed by atoms with E-state index in [1.807, 2.05) is 0 Å². The quantitative estimate of drug-likeness (QED) is 0.498. The van der Waals surface area contributed by atoms with Crippen LogP contribution in [-0.4, -0.2) is 72.1 Å². The van der Waals surface area contributed by atoms with Crippen LogP contribution in [-0.2, 0) is 9.53 Å². The van der Waals surface area contributed by atoms with E-state index in [0.717, 1.165) is 0 Å². The Kier molecular flexibility index (Phi) is 5.37. The number of aliphatic hydroxyl groups is 1. The summed E-state index contributed by atoms with van der Waals surface area (Å²) in [4.78, 5) is 34.7. The normalized spacial score (nSPS) is 19.7. The first-order chi connectivity index (χ1) is 8.97. The Morgan fingerprint density at radius 1 is 1.47 bits per heavy atom. The third-order valence-corrected chi connectivity index (χ3v) is 2.76. The minimum Gasteiger partial charge on any atom is -0.480 e. The lowest BCUT2D eigenvalue weighted by Gasteiger charge is -2.20. The van der Waals surface area contributed by atoms with Crippen LogP contribution in [0.25, 0.3) is 0 Å². The second kappa shape index (κ2) is 6.78. The summed E-state index contributed by atoms with van der Waals surface area (Å²) >= 11 is 0. The number of methoxy groups -OCH3 is 1.